The van der Waals surface area contributed by atoms with Gasteiger partial charge in [0, 0.05) is 18.6 Å². The topological polar surface area (TPSA) is 33.5 Å². The van der Waals surface area contributed by atoms with Gasteiger partial charge >= 0.3 is 0 Å². The van der Waals surface area contributed by atoms with Crippen molar-refractivity contribution in [3.05, 3.63) is 82.8 Å². The van der Waals surface area contributed by atoms with Gasteiger partial charge in [-0.2, -0.15) is 0 Å². The fourth-order valence-corrected chi connectivity index (χ4v) is 2.64. The average Bonchev–Trinajstić information content (AvgIpc) is 3.04. The van der Waals surface area contributed by atoms with E-state index >= 15 is 0 Å². The zero-order chi connectivity index (χ0) is 17.1. The number of benzene rings is 2. The molecule has 24 heavy (non-hydrogen) atoms. The van der Waals surface area contributed by atoms with Crippen molar-refractivity contribution in [2.75, 3.05) is 7.05 Å². The van der Waals surface area contributed by atoms with E-state index in [0.717, 1.165) is 5.56 Å². The zero-order valence-corrected chi connectivity index (χ0v) is 13.8. The van der Waals surface area contributed by atoms with Crippen molar-refractivity contribution in [1.82, 2.24) is 4.90 Å². The molecule has 122 valence electrons. The minimum atomic E-state index is -0.391. The number of carbonyl (C=O) groups excluding carboxylic acids is 1. The lowest BCUT2D eigenvalue weighted by molar-refractivity contribution is 0.0754. The Labute approximate surface area is 144 Å². The molecule has 0 unspecified atom stereocenters. The quantitative estimate of drug-likeness (QED) is 0.667. The van der Waals surface area contributed by atoms with E-state index in [2.05, 4.69) is 0 Å². The van der Waals surface area contributed by atoms with E-state index in [9.17, 15) is 9.18 Å². The Morgan fingerprint density at radius 3 is 2.67 bits per heavy atom. The number of rotatable bonds is 4. The van der Waals surface area contributed by atoms with E-state index < -0.39 is 5.82 Å². The summed E-state index contributed by atoms with van der Waals surface area (Å²) >= 11 is 5.95. The van der Waals surface area contributed by atoms with Crippen LogP contribution in [-0.4, -0.2) is 17.9 Å². The van der Waals surface area contributed by atoms with Crippen LogP contribution in [0, 0.1) is 5.82 Å². The first-order chi connectivity index (χ1) is 11.5. The molecule has 3 aromatic rings. The van der Waals surface area contributed by atoms with Crippen molar-refractivity contribution in [2.45, 2.75) is 6.54 Å². The summed E-state index contributed by atoms with van der Waals surface area (Å²) in [5, 5.41) is 0.619. The summed E-state index contributed by atoms with van der Waals surface area (Å²) < 4.78 is 19.3. The van der Waals surface area contributed by atoms with Gasteiger partial charge in [-0.25, -0.2) is 4.39 Å². The van der Waals surface area contributed by atoms with Crippen LogP contribution in [0.3, 0.4) is 0 Å². The van der Waals surface area contributed by atoms with E-state index in [1.165, 1.54) is 11.0 Å². The Bertz CT molecular complexity index is 875. The molecule has 3 nitrogen and oxygen atoms in total. The predicted octanol–water partition coefficient (Wildman–Crippen LogP) is 5.01. The molecule has 0 spiro atoms. The molecule has 0 aliphatic rings. The smallest absolute Gasteiger partial charge is 0.289 e. The Kier molecular flexibility index (Phi) is 4.67. The number of carbonyl (C=O) groups is 1. The van der Waals surface area contributed by atoms with Crippen LogP contribution in [-0.2, 0) is 6.54 Å². The van der Waals surface area contributed by atoms with Crippen LogP contribution in [0.4, 0.5) is 4.39 Å². The van der Waals surface area contributed by atoms with Gasteiger partial charge in [-0.05, 0) is 42.0 Å². The SMILES string of the molecule is CN(Cc1cccc(Cl)c1)C(=O)c1ccc(-c2ccccc2F)o1. The second-order valence-corrected chi connectivity index (χ2v) is 5.87. The number of nitrogens with zero attached hydrogens (tertiary/aromatic N) is 1. The maximum Gasteiger partial charge on any atom is 0.289 e. The molecule has 3 rings (SSSR count). The van der Waals surface area contributed by atoms with Crippen molar-refractivity contribution < 1.29 is 13.6 Å². The monoisotopic (exact) mass is 343 g/mol. The highest BCUT2D eigenvalue weighted by Gasteiger charge is 2.18. The third-order valence-electron chi connectivity index (χ3n) is 3.61. The minimum absolute atomic E-state index is 0.165. The summed E-state index contributed by atoms with van der Waals surface area (Å²) in [5.74, 6) is -0.180. The molecule has 0 N–H and O–H groups in total. The molecule has 0 atom stereocenters. The zero-order valence-electron chi connectivity index (χ0n) is 13.0. The summed E-state index contributed by atoms with van der Waals surface area (Å²) in [6.45, 7) is 0.398. The van der Waals surface area contributed by atoms with Crippen LogP contribution in [0.15, 0.2) is 65.1 Å². The largest absolute Gasteiger partial charge is 0.451 e. The first-order valence-electron chi connectivity index (χ1n) is 7.39. The molecule has 0 aliphatic heterocycles. The summed E-state index contributed by atoms with van der Waals surface area (Å²) in [7, 11) is 1.68. The summed E-state index contributed by atoms with van der Waals surface area (Å²) in [5.41, 5.74) is 1.24. The third kappa shape index (κ3) is 3.49. The normalized spacial score (nSPS) is 10.6. The molecule has 0 saturated carbocycles. The van der Waals surface area contributed by atoms with Gasteiger partial charge in [-0.15, -0.1) is 0 Å². The molecular formula is C19H15ClFNO2. The second kappa shape index (κ2) is 6.89. The molecule has 1 aromatic heterocycles. The molecule has 0 radical (unpaired) electrons. The summed E-state index contributed by atoms with van der Waals surface area (Å²) in [6.07, 6.45) is 0. The lowest BCUT2D eigenvalue weighted by Crippen LogP contribution is -2.25. The molecule has 2 aromatic carbocycles. The van der Waals surface area contributed by atoms with Crippen molar-refractivity contribution in [3.8, 4) is 11.3 Å². The maximum atomic E-state index is 13.8. The molecule has 0 saturated heterocycles. The fourth-order valence-electron chi connectivity index (χ4n) is 2.43. The maximum absolute atomic E-state index is 13.8. The van der Waals surface area contributed by atoms with Gasteiger partial charge in [0.25, 0.3) is 5.91 Å². The molecule has 1 heterocycles. The third-order valence-corrected chi connectivity index (χ3v) is 3.85. The Morgan fingerprint density at radius 1 is 1.12 bits per heavy atom. The number of amides is 1. The minimum Gasteiger partial charge on any atom is -0.451 e. The Morgan fingerprint density at radius 2 is 1.92 bits per heavy atom. The van der Waals surface area contributed by atoms with E-state index in [-0.39, 0.29) is 11.7 Å². The van der Waals surface area contributed by atoms with Gasteiger partial charge in [-0.3, -0.25) is 4.79 Å². The van der Waals surface area contributed by atoms with E-state index in [0.29, 0.717) is 22.9 Å². The number of furan rings is 1. The van der Waals surface area contributed by atoms with Crippen LogP contribution in [0.2, 0.25) is 5.02 Å². The molecule has 0 fully saturated rings. The first kappa shape index (κ1) is 16.3. The van der Waals surface area contributed by atoms with Gasteiger partial charge in [0.1, 0.15) is 11.6 Å². The number of hydrogen-bond acceptors (Lipinski definition) is 2. The Balaban J connectivity index is 1.77. The van der Waals surface area contributed by atoms with E-state index in [4.69, 9.17) is 16.0 Å². The average molecular weight is 344 g/mol. The Hall–Kier alpha value is -2.59. The standard InChI is InChI=1S/C19H15ClFNO2/c1-22(12-13-5-4-6-14(20)11-13)19(23)18-10-9-17(24-18)15-7-2-3-8-16(15)21/h2-11H,12H2,1H3. The molecule has 5 heteroatoms. The molecule has 0 bridgehead atoms. The molecular weight excluding hydrogens is 329 g/mol. The van der Waals surface area contributed by atoms with Gasteiger partial charge in [0.05, 0.1) is 5.56 Å². The van der Waals surface area contributed by atoms with Gasteiger partial charge in [-0.1, -0.05) is 35.9 Å². The van der Waals surface area contributed by atoms with Gasteiger partial charge in [0.15, 0.2) is 5.76 Å². The number of halogens is 2. The van der Waals surface area contributed by atoms with E-state index in [1.54, 1.807) is 49.5 Å². The van der Waals surface area contributed by atoms with Crippen LogP contribution in [0.5, 0.6) is 0 Å². The molecule has 0 aliphatic carbocycles. The van der Waals surface area contributed by atoms with Crippen molar-refractivity contribution >= 4 is 17.5 Å². The molecule has 1 amide bonds. The van der Waals surface area contributed by atoms with Crippen LogP contribution in [0.1, 0.15) is 16.1 Å². The number of hydrogen-bond donors (Lipinski definition) is 0. The highest BCUT2D eigenvalue weighted by Crippen LogP contribution is 2.25. The predicted molar refractivity (Wildman–Crippen MR) is 91.4 cm³/mol. The van der Waals surface area contributed by atoms with Gasteiger partial charge in [0.2, 0.25) is 0 Å². The fraction of sp³-hybridized carbons (Fsp3) is 0.105. The van der Waals surface area contributed by atoms with Gasteiger partial charge < -0.3 is 9.32 Å². The van der Waals surface area contributed by atoms with Crippen LogP contribution >= 0.6 is 11.6 Å². The second-order valence-electron chi connectivity index (χ2n) is 5.43. The highest BCUT2D eigenvalue weighted by atomic mass is 35.5. The lowest BCUT2D eigenvalue weighted by atomic mass is 10.1. The van der Waals surface area contributed by atoms with Crippen LogP contribution in [0.25, 0.3) is 11.3 Å². The van der Waals surface area contributed by atoms with Crippen LogP contribution < -0.4 is 0 Å². The lowest BCUT2D eigenvalue weighted by Gasteiger charge is -2.16. The van der Waals surface area contributed by atoms with Crippen molar-refractivity contribution in [2.24, 2.45) is 0 Å². The highest BCUT2D eigenvalue weighted by molar-refractivity contribution is 6.30. The van der Waals surface area contributed by atoms with Crippen molar-refractivity contribution in [3.63, 3.8) is 0 Å². The summed E-state index contributed by atoms with van der Waals surface area (Å²) in [4.78, 5) is 14.0. The summed E-state index contributed by atoms with van der Waals surface area (Å²) in [6, 6.07) is 16.7. The van der Waals surface area contributed by atoms with Crippen molar-refractivity contribution in [1.29, 1.82) is 0 Å². The van der Waals surface area contributed by atoms with E-state index in [1.807, 2.05) is 12.1 Å². The first-order valence-corrected chi connectivity index (χ1v) is 7.77.